The van der Waals surface area contributed by atoms with Crippen LogP contribution in [0.2, 0.25) is 0 Å². The summed E-state index contributed by atoms with van der Waals surface area (Å²) in [5, 5.41) is 9.26. The van der Waals surface area contributed by atoms with Crippen LogP contribution in [-0.4, -0.2) is 9.13 Å². The van der Waals surface area contributed by atoms with Gasteiger partial charge in [-0.15, -0.1) is 0 Å². The minimum Gasteiger partial charge on any atom is -0.456 e. The number of fused-ring (bicyclic) bond motifs is 14. The first-order chi connectivity index (χ1) is 25.8. The Morgan fingerprint density at radius 3 is 1.67 bits per heavy atom. The minimum absolute atomic E-state index is 0.903. The summed E-state index contributed by atoms with van der Waals surface area (Å²) in [6.45, 7) is 0. The van der Waals surface area contributed by atoms with Crippen LogP contribution in [0.15, 0.2) is 179 Å². The summed E-state index contributed by atoms with van der Waals surface area (Å²) >= 11 is 0. The van der Waals surface area contributed by atoms with E-state index in [4.69, 9.17) is 8.83 Å². The molecule has 12 aromatic rings. The number of hydrogen-bond donors (Lipinski definition) is 0. The smallest absolute Gasteiger partial charge is 0.145 e. The van der Waals surface area contributed by atoms with Gasteiger partial charge in [0.25, 0.3) is 0 Å². The van der Waals surface area contributed by atoms with Gasteiger partial charge in [0.2, 0.25) is 0 Å². The van der Waals surface area contributed by atoms with E-state index < -0.39 is 0 Å². The third-order valence-electron chi connectivity index (χ3n) is 10.9. The van der Waals surface area contributed by atoms with Crippen molar-refractivity contribution in [1.29, 1.82) is 0 Å². The Balaban J connectivity index is 1.17. The van der Waals surface area contributed by atoms with E-state index in [0.29, 0.717) is 0 Å². The summed E-state index contributed by atoms with van der Waals surface area (Å²) in [7, 11) is 0. The number of benzene rings is 8. The van der Waals surface area contributed by atoms with E-state index in [1.807, 2.05) is 12.1 Å². The second-order valence-corrected chi connectivity index (χ2v) is 13.7. The summed E-state index contributed by atoms with van der Waals surface area (Å²) in [4.78, 5) is 0. The first-order valence-electron chi connectivity index (χ1n) is 17.7. The SMILES string of the molecule is c1ccc(-n2c3ccc(-c4ccc5c6c7c(ccc6n(-c6ccccc6)c5c4)oc4ccccc47)cc3c3c4oc5ccccc5c4ccc32)cc1. The molecule has 242 valence electrons. The molecule has 0 fully saturated rings. The fraction of sp³-hybridized carbons (Fsp3) is 0. The van der Waals surface area contributed by atoms with Gasteiger partial charge in [0.15, 0.2) is 0 Å². The lowest BCUT2D eigenvalue weighted by molar-refractivity contribution is 0.669. The predicted molar refractivity (Wildman–Crippen MR) is 215 cm³/mol. The van der Waals surface area contributed by atoms with Crippen molar-refractivity contribution in [2.45, 2.75) is 0 Å². The van der Waals surface area contributed by atoms with Crippen molar-refractivity contribution >= 4 is 87.5 Å². The topological polar surface area (TPSA) is 36.1 Å². The van der Waals surface area contributed by atoms with Crippen molar-refractivity contribution in [2.24, 2.45) is 0 Å². The summed E-state index contributed by atoms with van der Waals surface area (Å²) in [5.41, 5.74) is 12.8. The molecule has 8 aromatic carbocycles. The van der Waals surface area contributed by atoms with Crippen LogP contribution in [-0.2, 0) is 0 Å². The van der Waals surface area contributed by atoms with E-state index in [2.05, 4.69) is 167 Å². The fourth-order valence-corrected chi connectivity index (χ4v) is 8.68. The van der Waals surface area contributed by atoms with Crippen LogP contribution in [0.5, 0.6) is 0 Å². The summed E-state index contributed by atoms with van der Waals surface area (Å²) in [6, 6.07) is 60.5. The maximum absolute atomic E-state index is 6.66. The van der Waals surface area contributed by atoms with E-state index in [1.165, 1.54) is 10.8 Å². The molecular formula is C48H28N2O2. The highest BCUT2D eigenvalue weighted by Gasteiger charge is 2.21. The molecule has 0 bridgehead atoms. The van der Waals surface area contributed by atoms with E-state index in [9.17, 15) is 0 Å². The van der Waals surface area contributed by atoms with Crippen molar-refractivity contribution in [3.05, 3.63) is 170 Å². The minimum atomic E-state index is 0.903. The Bertz CT molecular complexity index is 3400. The third kappa shape index (κ3) is 3.70. The normalized spacial score (nSPS) is 12.2. The standard InChI is InChI=1S/C48H28N2O2/c1-3-11-31(12-4-1)49-38-23-20-29(27-37(38)46-40(49)24-22-34-33-15-7-9-17-42(33)52-48(34)46)30-19-21-35-41(28-30)50(32-13-5-2-6-14-32)39-25-26-44-47(45(35)39)36-16-8-10-18-43(36)51-44/h1-28H. The van der Waals surface area contributed by atoms with Gasteiger partial charge in [-0.1, -0.05) is 91.0 Å². The van der Waals surface area contributed by atoms with Crippen LogP contribution in [0.4, 0.5) is 0 Å². The lowest BCUT2D eigenvalue weighted by Gasteiger charge is -2.10. The van der Waals surface area contributed by atoms with Gasteiger partial charge in [-0.2, -0.15) is 0 Å². The summed E-state index contributed by atoms with van der Waals surface area (Å²) in [6.07, 6.45) is 0. The molecule has 0 spiro atoms. The molecule has 12 rings (SSSR count). The van der Waals surface area contributed by atoms with Crippen molar-refractivity contribution < 1.29 is 8.83 Å². The van der Waals surface area contributed by atoms with Crippen molar-refractivity contribution in [1.82, 2.24) is 9.13 Å². The van der Waals surface area contributed by atoms with Crippen LogP contribution in [0.25, 0.3) is 110 Å². The molecule has 0 aliphatic heterocycles. The van der Waals surface area contributed by atoms with Gasteiger partial charge in [-0.25, -0.2) is 0 Å². The zero-order valence-corrected chi connectivity index (χ0v) is 27.9. The average Bonchev–Trinajstić information content (AvgIpc) is 3.95. The van der Waals surface area contributed by atoms with E-state index >= 15 is 0 Å². The Morgan fingerprint density at radius 1 is 0.308 bits per heavy atom. The van der Waals surface area contributed by atoms with Gasteiger partial charge in [0.1, 0.15) is 22.3 Å². The zero-order valence-electron chi connectivity index (χ0n) is 27.9. The molecule has 52 heavy (non-hydrogen) atoms. The highest BCUT2D eigenvalue weighted by molar-refractivity contribution is 6.28. The summed E-state index contributed by atoms with van der Waals surface area (Å²) in [5.74, 6) is 0. The number of furan rings is 2. The molecule has 0 N–H and O–H groups in total. The lowest BCUT2D eigenvalue weighted by atomic mass is 9.99. The maximum Gasteiger partial charge on any atom is 0.145 e. The quantitative estimate of drug-likeness (QED) is 0.188. The fourth-order valence-electron chi connectivity index (χ4n) is 8.68. The van der Waals surface area contributed by atoms with Crippen molar-refractivity contribution in [3.8, 4) is 22.5 Å². The highest BCUT2D eigenvalue weighted by atomic mass is 16.3. The molecule has 4 heterocycles. The third-order valence-corrected chi connectivity index (χ3v) is 10.9. The molecule has 0 unspecified atom stereocenters. The molecule has 0 amide bonds. The maximum atomic E-state index is 6.66. The van der Waals surface area contributed by atoms with Gasteiger partial charge in [0.05, 0.1) is 27.5 Å². The van der Waals surface area contributed by atoms with Crippen molar-refractivity contribution in [3.63, 3.8) is 0 Å². The van der Waals surface area contributed by atoms with Crippen LogP contribution in [0.1, 0.15) is 0 Å². The van der Waals surface area contributed by atoms with Crippen LogP contribution in [0.3, 0.4) is 0 Å². The van der Waals surface area contributed by atoms with Crippen LogP contribution < -0.4 is 0 Å². The largest absolute Gasteiger partial charge is 0.456 e. The summed E-state index contributed by atoms with van der Waals surface area (Å²) < 4.78 is 17.8. The van der Waals surface area contributed by atoms with E-state index in [0.717, 1.165) is 99.2 Å². The van der Waals surface area contributed by atoms with Crippen LogP contribution >= 0.6 is 0 Å². The lowest BCUT2D eigenvalue weighted by Crippen LogP contribution is -1.93. The predicted octanol–water partition coefficient (Wildman–Crippen LogP) is 13.3. The zero-order chi connectivity index (χ0) is 33.9. The highest BCUT2D eigenvalue weighted by Crippen LogP contribution is 2.44. The monoisotopic (exact) mass is 664 g/mol. The van der Waals surface area contributed by atoms with Gasteiger partial charge in [-0.3, -0.25) is 0 Å². The first-order valence-corrected chi connectivity index (χ1v) is 17.7. The molecular weight excluding hydrogens is 637 g/mol. The Labute approximate surface area is 296 Å². The molecule has 4 heteroatoms. The molecule has 0 saturated heterocycles. The average molecular weight is 665 g/mol. The van der Waals surface area contributed by atoms with Gasteiger partial charge >= 0.3 is 0 Å². The Hall–Kier alpha value is -7.04. The Kier molecular flexibility index (Phi) is 5.47. The van der Waals surface area contributed by atoms with Gasteiger partial charge < -0.3 is 18.0 Å². The number of rotatable bonds is 3. The second kappa shape index (κ2) is 10.3. The molecule has 4 nitrogen and oxygen atoms in total. The number of aromatic nitrogens is 2. The number of hydrogen-bond acceptors (Lipinski definition) is 2. The number of para-hydroxylation sites is 4. The molecule has 0 aliphatic carbocycles. The van der Waals surface area contributed by atoms with Gasteiger partial charge in [0, 0.05) is 49.1 Å². The van der Waals surface area contributed by atoms with Crippen molar-refractivity contribution in [2.75, 3.05) is 0 Å². The van der Waals surface area contributed by atoms with E-state index in [1.54, 1.807) is 0 Å². The number of nitrogens with zero attached hydrogens (tertiary/aromatic N) is 2. The molecule has 0 radical (unpaired) electrons. The van der Waals surface area contributed by atoms with Gasteiger partial charge in [-0.05, 0) is 90.0 Å². The van der Waals surface area contributed by atoms with E-state index in [-0.39, 0.29) is 0 Å². The molecule has 0 saturated carbocycles. The molecule has 0 aliphatic rings. The first kappa shape index (κ1) is 27.7. The Morgan fingerprint density at radius 2 is 0.885 bits per heavy atom. The second-order valence-electron chi connectivity index (χ2n) is 13.7. The van der Waals surface area contributed by atoms with Crippen LogP contribution in [0, 0.1) is 0 Å². The molecule has 0 atom stereocenters. The molecule has 4 aromatic heterocycles.